The Hall–Kier alpha value is -1.29. The predicted molar refractivity (Wildman–Crippen MR) is 128 cm³/mol. The van der Waals surface area contributed by atoms with E-state index in [9.17, 15) is 5.11 Å². The SMILES string of the molecule is CCC1C[C@H]2OC(c3ccccc3)O[C@@H]2[C@]1(C)[C@H]1[C@@H](OC(O)c2ccccc2)CCP1C. The third-order valence-electron chi connectivity index (χ3n) is 8.10. The molecule has 0 bridgehead atoms. The van der Waals surface area contributed by atoms with Crippen molar-refractivity contribution in [3.8, 4) is 0 Å². The lowest BCUT2D eigenvalue weighted by atomic mass is 9.72. The van der Waals surface area contributed by atoms with Gasteiger partial charge in [0.25, 0.3) is 0 Å². The molecule has 5 heteroatoms. The number of hydrogen-bond donors (Lipinski definition) is 1. The summed E-state index contributed by atoms with van der Waals surface area (Å²) in [6.45, 7) is 7.12. The highest BCUT2D eigenvalue weighted by atomic mass is 31.1. The molecule has 0 spiro atoms. The third kappa shape index (κ3) is 3.85. The summed E-state index contributed by atoms with van der Waals surface area (Å²) in [5.41, 5.74) is 2.27. The maximum absolute atomic E-state index is 10.8. The van der Waals surface area contributed by atoms with Gasteiger partial charge >= 0.3 is 0 Å². The number of fused-ring (bicyclic) bond motifs is 1. The zero-order valence-corrected chi connectivity index (χ0v) is 20.2. The van der Waals surface area contributed by atoms with E-state index < -0.39 is 6.29 Å². The molecule has 0 radical (unpaired) electrons. The first-order valence-corrected chi connectivity index (χ1v) is 14.0. The number of rotatable bonds is 6. The van der Waals surface area contributed by atoms with Gasteiger partial charge in [0.15, 0.2) is 12.6 Å². The molecule has 2 aliphatic heterocycles. The summed E-state index contributed by atoms with van der Waals surface area (Å²) >= 11 is 0. The summed E-state index contributed by atoms with van der Waals surface area (Å²) in [7, 11) is -0.223. The van der Waals surface area contributed by atoms with E-state index in [1.807, 2.05) is 48.5 Å². The molecule has 0 amide bonds. The summed E-state index contributed by atoms with van der Waals surface area (Å²) in [5.74, 6) is 0.530. The molecule has 172 valence electrons. The largest absolute Gasteiger partial charge is 0.364 e. The van der Waals surface area contributed by atoms with Crippen molar-refractivity contribution < 1.29 is 19.3 Å². The molecule has 4 unspecified atom stereocenters. The molecular weight excluding hydrogens is 419 g/mol. The van der Waals surface area contributed by atoms with Crippen LogP contribution in [0.5, 0.6) is 0 Å². The molecule has 1 aliphatic carbocycles. The molecular formula is C27H35O4P. The zero-order chi connectivity index (χ0) is 22.3. The summed E-state index contributed by atoms with van der Waals surface area (Å²) in [5, 5.41) is 10.8. The molecule has 5 rings (SSSR count). The molecule has 9 atom stereocenters. The monoisotopic (exact) mass is 454 g/mol. The minimum Gasteiger partial charge on any atom is -0.364 e. The normalized spacial score (nSPS) is 39.8. The molecule has 1 saturated carbocycles. The number of ether oxygens (including phenoxy) is 3. The minimum atomic E-state index is -0.885. The minimum absolute atomic E-state index is 0.0268. The van der Waals surface area contributed by atoms with Crippen LogP contribution >= 0.6 is 7.92 Å². The van der Waals surface area contributed by atoms with E-state index in [0.717, 1.165) is 30.4 Å². The second kappa shape index (κ2) is 9.16. The van der Waals surface area contributed by atoms with Crippen LogP contribution in [0.3, 0.4) is 0 Å². The Morgan fingerprint density at radius 2 is 1.78 bits per heavy atom. The van der Waals surface area contributed by atoms with Crippen LogP contribution in [0.15, 0.2) is 60.7 Å². The first-order chi connectivity index (χ1) is 15.5. The van der Waals surface area contributed by atoms with Gasteiger partial charge in [-0.25, -0.2) is 0 Å². The lowest BCUT2D eigenvalue weighted by Crippen LogP contribution is -2.48. The van der Waals surface area contributed by atoms with E-state index in [4.69, 9.17) is 14.2 Å². The summed E-state index contributed by atoms with van der Waals surface area (Å²) in [4.78, 5) is 0. The van der Waals surface area contributed by atoms with Gasteiger partial charge in [-0.05, 0) is 31.6 Å². The van der Waals surface area contributed by atoms with Gasteiger partial charge in [0.1, 0.15) is 0 Å². The molecule has 0 aromatic heterocycles. The van der Waals surface area contributed by atoms with Crippen LogP contribution in [0.1, 0.15) is 56.8 Å². The second-order valence-corrected chi connectivity index (χ2v) is 12.3. The highest BCUT2D eigenvalue weighted by Gasteiger charge is 2.63. The molecule has 2 aromatic rings. The first kappa shape index (κ1) is 22.5. The first-order valence-electron chi connectivity index (χ1n) is 12.0. The average molecular weight is 455 g/mol. The Bertz CT molecular complexity index is 893. The third-order valence-corrected chi connectivity index (χ3v) is 10.9. The molecule has 3 fully saturated rings. The van der Waals surface area contributed by atoms with Gasteiger partial charge in [0.2, 0.25) is 0 Å². The second-order valence-electron chi connectivity index (χ2n) is 9.83. The van der Waals surface area contributed by atoms with Crippen molar-refractivity contribution in [1.82, 2.24) is 0 Å². The van der Waals surface area contributed by atoms with E-state index in [1.54, 1.807) is 0 Å². The standard InChI is InChI=1S/C27H35O4P/c1-4-20-17-22-23(31-26(30-22)19-13-9-6-10-14-19)27(20,2)24-21(15-16-32(24)3)29-25(28)18-11-7-5-8-12-18/h5-14,20-26,28H,4,15-17H2,1-3H3/t20?,21-,22+,23-,24+,25?,26?,27+,32?/m0/s1. The van der Waals surface area contributed by atoms with Crippen LogP contribution in [0.25, 0.3) is 0 Å². The number of benzene rings is 2. The zero-order valence-electron chi connectivity index (χ0n) is 19.3. The van der Waals surface area contributed by atoms with E-state index in [-0.39, 0.29) is 37.9 Å². The Morgan fingerprint density at radius 1 is 1.09 bits per heavy atom. The van der Waals surface area contributed by atoms with Crippen molar-refractivity contribution in [3.05, 3.63) is 71.8 Å². The van der Waals surface area contributed by atoms with Crippen molar-refractivity contribution in [2.45, 2.75) is 69.7 Å². The molecule has 3 aliphatic rings. The number of hydrogen-bond acceptors (Lipinski definition) is 4. The van der Waals surface area contributed by atoms with E-state index in [1.165, 1.54) is 6.16 Å². The molecule has 2 heterocycles. The quantitative estimate of drug-likeness (QED) is 0.438. The molecule has 2 aromatic carbocycles. The highest BCUT2D eigenvalue weighted by Crippen LogP contribution is 2.65. The van der Waals surface area contributed by atoms with Gasteiger partial charge in [-0.1, -0.05) is 80.9 Å². The van der Waals surface area contributed by atoms with Crippen LogP contribution in [-0.2, 0) is 14.2 Å². The summed E-state index contributed by atoms with van der Waals surface area (Å²) in [6, 6.07) is 20.0. The Labute approximate surface area is 193 Å². The number of aliphatic hydroxyl groups excluding tert-OH is 1. The fraction of sp³-hybridized carbons (Fsp3) is 0.556. The molecule has 2 saturated heterocycles. The lowest BCUT2D eigenvalue weighted by molar-refractivity contribution is -0.158. The smallest absolute Gasteiger partial charge is 0.184 e. The Balaban J connectivity index is 1.40. The Kier molecular flexibility index (Phi) is 6.44. The predicted octanol–water partition coefficient (Wildman–Crippen LogP) is 5.87. The van der Waals surface area contributed by atoms with E-state index in [2.05, 4.69) is 32.6 Å². The van der Waals surface area contributed by atoms with Crippen molar-refractivity contribution in [2.24, 2.45) is 11.3 Å². The topological polar surface area (TPSA) is 47.9 Å². The maximum atomic E-state index is 10.8. The van der Waals surface area contributed by atoms with Gasteiger partial charge in [0.05, 0.1) is 18.3 Å². The van der Waals surface area contributed by atoms with Crippen molar-refractivity contribution in [1.29, 1.82) is 0 Å². The van der Waals surface area contributed by atoms with Crippen LogP contribution in [0.2, 0.25) is 0 Å². The molecule has 1 N–H and O–H groups in total. The fourth-order valence-electron chi connectivity index (χ4n) is 6.55. The lowest BCUT2D eigenvalue weighted by Gasteiger charge is -2.45. The van der Waals surface area contributed by atoms with Crippen LogP contribution < -0.4 is 0 Å². The van der Waals surface area contributed by atoms with E-state index in [0.29, 0.717) is 11.6 Å². The summed E-state index contributed by atoms with van der Waals surface area (Å²) < 4.78 is 19.5. The average Bonchev–Trinajstić information content (AvgIpc) is 3.48. The van der Waals surface area contributed by atoms with Gasteiger partial charge < -0.3 is 19.3 Å². The maximum Gasteiger partial charge on any atom is 0.184 e. The van der Waals surface area contributed by atoms with Crippen molar-refractivity contribution in [3.63, 3.8) is 0 Å². The van der Waals surface area contributed by atoms with E-state index >= 15 is 0 Å². The number of aliphatic hydroxyl groups is 1. The van der Waals surface area contributed by atoms with Crippen LogP contribution in [-0.4, -0.2) is 41.9 Å². The van der Waals surface area contributed by atoms with Gasteiger partial charge in [0, 0.05) is 22.2 Å². The van der Waals surface area contributed by atoms with Gasteiger partial charge in [-0.3, -0.25) is 0 Å². The van der Waals surface area contributed by atoms with Crippen molar-refractivity contribution >= 4 is 7.92 Å². The van der Waals surface area contributed by atoms with Gasteiger partial charge in [-0.2, -0.15) is 0 Å². The fourth-order valence-corrected chi connectivity index (χ4v) is 9.59. The highest BCUT2D eigenvalue weighted by molar-refractivity contribution is 7.58. The molecule has 4 nitrogen and oxygen atoms in total. The summed E-state index contributed by atoms with van der Waals surface area (Å²) in [6.07, 6.45) is 3.38. The van der Waals surface area contributed by atoms with Crippen LogP contribution in [0.4, 0.5) is 0 Å². The molecule has 32 heavy (non-hydrogen) atoms. The van der Waals surface area contributed by atoms with Gasteiger partial charge in [-0.15, -0.1) is 7.92 Å². The van der Waals surface area contributed by atoms with Crippen LogP contribution in [0, 0.1) is 11.3 Å². The Morgan fingerprint density at radius 3 is 2.47 bits per heavy atom. The van der Waals surface area contributed by atoms with Crippen molar-refractivity contribution in [2.75, 3.05) is 12.8 Å².